The van der Waals surface area contributed by atoms with Crippen LogP contribution in [-0.4, -0.2) is 18.8 Å². The van der Waals surface area contributed by atoms with Gasteiger partial charge in [0.05, 0.1) is 19.8 Å². The molecule has 3 unspecified atom stereocenters. The summed E-state index contributed by atoms with van der Waals surface area (Å²) in [6, 6.07) is 14.6. The van der Waals surface area contributed by atoms with E-state index >= 15 is 0 Å². The second-order valence-corrected chi connectivity index (χ2v) is 6.45. The van der Waals surface area contributed by atoms with E-state index in [1.165, 1.54) is 16.7 Å². The van der Waals surface area contributed by atoms with Crippen molar-refractivity contribution in [1.82, 2.24) is 5.32 Å². The fraction of sp³-hybridized carbons (Fsp3) is 0.400. The Morgan fingerprint density at radius 1 is 1.26 bits per heavy atom. The first-order valence-corrected chi connectivity index (χ1v) is 8.24. The molecular formula is C20H25NO2. The Balaban J connectivity index is 1.85. The number of hydrogen-bond donors (Lipinski definition) is 2. The molecule has 2 aromatic carbocycles. The number of nitrogens with one attached hydrogen (secondary N) is 1. The van der Waals surface area contributed by atoms with Crippen LogP contribution in [0.15, 0.2) is 42.5 Å². The van der Waals surface area contributed by atoms with Crippen LogP contribution in [0, 0.1) is 6.92 Å². The minimum atomic E-state index is -0.0891. The minimum Gasteiger partial charge on any atom is -0.497 e. The number of hydrogen-bond acceptors (Lipinski definition) is 3. The van der Waals surface area contributed by atoms with Gasteiger partial charge in [0, 0.05) is 6.04 Å². The van der Waals surface area contributed by atoms with Crippen LogP contribution in [0.2, 0.25) is 0 Å². The van der Waals surface area contributed by atoms with E-state index in [1.807, 2.05) is 24.3 Å². The predicted octanol–water partition coefficient (Wildman–Crippen LogP) is 3.88. The number of fused-ring (bicyclic) bond motifs is 1. The lowest BCUT2D eigenvalue weighted by molar-refractivity contribution is 0.231. The van der Waals surface area contributed by atoms with Crippen molar-refractivity contribution in [3.05, 3.63) is 64.7 Å². The Bertz CT molecular complexity index is 683. The molecule has 0 heterocycles. The Labute approximate surface area is 138 Å². The van der Waals surface area contributed by atoms with Gasteiger partial charge in [-0.05, 0) is 53.6 Å². The summed E-state index contributed by atoms with van der Waals surface area (Å²) in [5.74, 6) is 1.37. The van der Waals surface area contributed by atoms with Gasteiger partial charge >= 0.3 is 0 Å². The van der Waals surface area contributed by atoms with Crippen molar-refractivity contribution < 1.29 is 9.84 Å². The van der Waals surface area contributed by atoms with E-state index in [2.05, 4.69) is 37.4 Å². The predicted molar refractivity (Wildman–Crippen MR) is 92.9 cm³/mol. The molecule has 0 spiro atoms. The van der Waals surface area contributed by atoms with Gasteiger partial charge in [0.25, 0.3) is 0 Å². The van der Waals surface area contributed by atoms with E-state index in [9.17, 15) is 5.11 Å². The molecule has 3 rings (SSSR count). The molecule has 0 fully saturated rings. The van der Waals surface area contributed by atoms with Gasteiger partial charge in [-0.3, -0.25) is 0 Å². The van der Waals surface area contributed by atoms with Crippen molar-refractivity contribution in [3.63, 3.8) is 0 Å². The summed E-state index contributed by atoms with van der Waals surface area (Å²) in [6.45, 7) is 4.54. The average molecular weight is 311 g/mol. The smallest absolute Gasteiger partial charge is 0.119 e. The second-order valence-electron chi connectivity index (χ2n) is 6.45. The minimum absolute atomic E-state index is 0.0686. The summed E-state index contributed by atoms with van der Waals surface area (Å²) in [5, 5.41) is 13.5. The monoisotopic (exact) mass is 311 g/mol. The molecule has 2 aromatic rings. The first-order valence-electron chi connectivity index (χ1n) is 8.24. The van der Waals surface area contributed by atoms with Crippen molar-refractivity contribution in [3.8, 4) is 5.75 Å². The first-order chi connectivity index (χ1) is 11.1. The molecule has 3 heteroatoms. The van der Waals surface area contributed by atoms with Crippen LogP contribution in [0.1, 0.15) is 53.6 Å². The van der Waals surface area contributed by atoms with E-state index in [0.29, 0.717) is 5.92 Å². The maximum atomic E-state index is 9.87. The van der Waals surface area contributed by atoms with Gasteiger partial charge in [0.15, 0.2) is 0 Å². The summed E-state index contributed by atoms with van der Waals surface area (Å²) in [4.78, 5) is 0. The molecule has 0 bridgehead atoms. The van der Waals surface area contributed by atoms with Gasteiger partial charge < -0.3 is 15.2 Å². The van der Waals surface area contributed by atoms with Gasteiger partial charge in [-0.2, -0.15) is 0 Å². The van der Waals surface area contributed by atoms with Gasteiger partial charge in [0.1, 0.15) is 5.75 Å². The molecule has 0 radical (unpaired) electrons. The lowest BCUT2D eigenvalue weighted by Crippen LogP contribution is -2.27. The molecule has 23 heavy (non-hydrogen) atoms. The number of aryl methyl sites for hydroxylation is 1. The molecule has 0 aliphatic heterocycles. The van der Waals surface area contributed by atoms with Crippen LogP contribution in [0.3, 0.4) is 0 Å². The fourth-order valence-corrected chi connectivity index (χ4v) is 3.79. The summed E-state index contributed by atoms with van der Waals surface area (Å²) in [7, 11) is 1.66. The second kappa shape index (κ2) is 6.73. The topological polar surface area (TPSA) is 41.5 Å². The Morgan fingerprint density at radius 3 is 2.78 bits per heavy atom. The van der Waals surface area contributed by atoms with Gasteiger partial charge in [-0.15, -0.1) is 0 Å². The van der Waals surface area contributed by atoms with Crippen molar-refractivity contribution in [2.45, 2.75) is 38.3 Å². The Hall–Kier alpha value is -1.84. The quantitative estimate of drug-likeness (QED) is 0.880. The normalized spacial score (nSPS) is 21.0. The van der Waals surface area contributed by atoms with Crippen LogP contribution in [0.25, 0.3) is 0 Å². The Morgan fingerprint density at radius 2 is 2.04 bits per heavy atom. The molecule has 3 atom stereocenters. The molecule has 0 amide bonds. The number of benzene rings is 2. The van der Waals surface area contributed by atoms with E-state index in [-0.39, 0.29) is 18.7 Å². The highest BCUT2D eigenvalue weighted by Crippen LogP contribution is 2.42. The van der Waals surface area contributed by atoms with Crippen LogP contribution in [0.5, 0.6) is 5.75 Å². The van der Waals surface area contributed by atoms with Crippen LogP contribution >= 0.6 is 0 Å². The number of methoxy groups -OCH3 is 1. The summed E-state index contributed by atoms with van der Waals surface area (Å²) < 4.78 is 5.30. The van der Waals surface area contributed by atoms with E-state index in [4.69, 9.17) is 4.74 Å². The van der Waals surface area contributed by atoms with Gasteiger partial charge in [-0.25, -0.2) is 0 Å². The largest absolute Gasteiger partial charge is 0.497 e. The highest BCUT2D eigenvalue weighted by molar-refractivity contribution is 5.43. The molecule has 0 saturated carbocycles. The van der Waals surface area contributed by atoms with Gasteiger partial charge in [-0.1, -0.05) is 37.3 Å². The van der Waals surface area contributed by atoms with Crippen molar-refractivity contribution in [2.24, 2.45) is 0 Å². The van der Waals surface area contributed by atoms with Crippen molar-refractivity contribution in [2.75, 3.05) is 13.7 Å². The third-order valence-electron chi connectivity index (χ3n) is 4.90. The maximum Gasteiger partial charge on any atom is 0.119 e. The fourth-order valence-electron chi connectivity index (χ4n) is 3.79. The van der Waals surface area contributed by atoms with Crippen molar-refractivity contribution >= 4 is 0 Å². The van der Waals surface area contributed by atoms with Crippen LogP contribution in [-0.2, 0) is 0 Å². The lowest BCUT2D eigenvalue weighted by Gasteiger charge is -2.23. The summed E-state index contributed by atoms with van der Waals surface area (Å²) in [5.41, 5.74) is 5.26. The third-order valence-corrected chi connectivity index (χ3v) is 4.90. The zero-order valence-corrected chi connectivity index (χ0v) is 14.0. The number of aliphatic hydroxyl groups is 1. The van der Waals surface area contributed by atoms with Crippen molar-refractivity contribution in [1.29, 1.82) is 0 Å². The highest BCUT2D eigenvalue weighted by atomic mass is 16.5. The number of rotatable bonds is 5. The first kappa shape index (κ1) is 16.0. The number of ether oxygens (including phenoxy) is 1. The Kier molecular flexibility index (Phi) is 4.69. The number of aliphatic hydroxyl groups excluding tert-OH is 1. The van der Waals surface area contributed by atoms with Gasteiger partial charge in [0.2, 0.25) is 0 Å². The molecule has 122 valence electrons. The zero-order chi connectivity index (χ0) is 16.4. The molecule has 2 N–H and O–H groups in total. The molecule has 0 saturated heterocycles. The highest BCUT2D eigenvalue weighted by Gasteiger charge is 2.30. The van der Waals surface area contributed by atoms with Crippen LogP contribution < -0.4 is 10.1 Å². The van der Waals surface area contributed by atoms with E-state index in [0.717, 1.165) is 17.7 Å². The SMILES string of the molecule is COc1cccc(C(CO)NC2CC(C)c3c(C)cccc32)c1. The molecule has 3 nitrogen and oxygen atoms in total. The maximum absolute atomic E-state index is 9.87. The standard InChI is InChI=1S/C20H25NO2/c1-13-6-4-9-17-18(10-14(2)20(13)17)21-19(12-22)15-7-5-8-16(11-15)23-3/h4-9,11,14,18-19,21-22H,10,12H2,1-3H3. The molecule has 0 aromatic heterocycles. The lowest BCUT2D eigenvalue weighted by atomic mass is 9.98. The average Bonchev–Trinajstić information content (AvgIpc) is 2.90. The van der Waals surface area contributed by atoms with E-state index in [1.54, 1.807) is 7.11 Å². The molecule has 1 aliphatic rings. The summed E-state index contributed by atoms with van der Waals surface area (Å²) in [6.07, 6.45) is 1.07. The molecule has 1 aliphatic carbocycles. The molecular weight excluding hydrogens is 286 g/mol. The van der Waals surface area contributed by atoms with E-state index < -0.39 is 0 Å². The van der Waals surface area contributed by atoms with Crippen LogP contribution in [0.4, 0.5) is 0 Å². The summed E-state index contributed by atoms with van der Waals surface area (Å²) >= 11 is 0. The zero-order valence-electron chi connectivity index (χ0n) is 14.0. The third kappa shape index (κ3) is 3.12.